The lowest BCUT2D eigenvalue weighted by Crippen LogP contribution is -2.51. The minimum absolute atomic E-state index is 0.119. The number of aromatic amines is 1. The Labute approximate surface area is 125 Å². The third kappa shape index (κ3) is 1.93. The Morgan fingerprint density at radius 1 is 1.45 bits per heavy atom. The summed E-state index contributed by atoms with van der Waals surface area (Å²) >= 11 is 5.55. The molecule has 2 unspecified atom stereocenters. The number of hydrogen-bond donors (Lipinski definition) is 1. The highest BCUT2D eigenvalue weighted by atomic mass is 32.1. The summed E-state index contributed by atoms with van der Waals surface area (Å²) in [7, 11) is 0. The van der Waals surface area contributed by atoms with E-state index in [1.165, 1.54) is 11.1 Å². The molecular weight excluding hydrogens is 268 g/mol. The fraction of sp³-hybridized carbons (Fsp3) is 0.562. The van der Waals surface area contributed by atoms with Crippen molar-refractivity contribution in [2.45, 2.75) is 46.3 Å². The van der Waals surface area contributed by atoms with Crippen LogP contribution in [0.3, 0.4) is 0 Å². The molecule has 0 spiro atoms. The number of ether oxygens (including phenoxy) is 1. The molecule has 1 aliphatic rings. The first-order valence-corrected chi connectivity index (χ1v) is 7.68. The normalized spacial score (nSPS) is 24.8. The van der Waals surface area contributed by atoms with Crippen LogP contribution in [0.1, 0.15) is 38.8 Å². The van der Waals surface area contributed by atoms with Crippen LogP contribution in [0.25, 0.3) is 11.0 Å². The Hall–Kier alpha value is -1.13. The van der Waals surface area contributed by atoms with E-state index < -0.39 is 0 Å². The molecule has 1 heterocycles. The van der Waals surface area contributed by atoms with E-state index in [1.54, 1.807) is 0 Å². The van der Waals surface area contributed by atoms with Gasteiger partial charge in [-0.05, 0) is 50.2 Å². The van der Waals surface area contributed by atoms with Crippen molar-refractivity contribution in [1.29, 1.82) is 0 Å². The molecule has 2 aromatic rings. The topological polar surface area (TPSA) is 29.9 Å². The first kappa shape index (κ1) is 13.8. The largest absolute Gasteiger partial charge is 0.378 e. The second-order valence-electron chi connectivity index (χ2n) is 6.34. The van der Waals surface area contributed by atoms with Crippen molar-refractivity contribution in [3.63, 3.8) is 0 Å². The number of nitrogens with zero attached hydrogens (tertiary/aromatic N) is 1. The molecule has 0 aliphatic heterocycles. The Kier molecular flexibility index (Phi) is 3.26. The monoisotopic (exact) mass is 290 g/mol. The Morgan fingerprint density at radius 3 is 2.85 bits per heavy atom. The zero-order valence-corrected chi connectivity index (χ0v) is 13.4. The molecule has 1 aromatic heterocycles. The van der Waals surface area contributed by atoms with E-state index in [0.717, 1.165) is 23.3 Å². The van der Waals surface area contributed by atoms with Gasteiger partial charge in [0, 0.05) is 18.1 Å². The third-order valence-corrected chi connectivity index (χ3v) is 4.98. The Morgan fingerprint density at radius 2 is 2.20 bits per heavy atom. The van der Waals surface area contributed by atoms with Gasteiger partial charge in [-0.15, -0.1) is 0 Å². The van der Waals surface area contributed by atoms with Crippen molar-refractivity contribution in [3.8, 4) is 0 Å². The van der Waals surface area contributed by atoms with Gasteiger partial charge in [-0.2, -0.15) is 0 Å². The van der Waals surface area contributed by atoms with Crippen LogP contribution in [0.5, 0.6) is 0 Å². The van der Waals surface area contributed by atoms with Crippen molar-refractivity contribution in [2.75, 3.05) is 6.61 Å². The summed E-state index contributed by atoms with van der Waals surface area (Å²) in [6, 6.07) is 6.88. The number of hydrogen-bond acceptors (Lipinski definition) is 2. The summed E-state index contributed by atoms with van der Waals surface area (Å²) in [5, 5.41) is 0. The second kappa shape index (κ2) is 4.71. The zero-order valence-electron chi connectivity index (χ0n) is 12.6. The fourth-order valence-corrected chi connectivity index (χ4v) is 3.68. The molecule has 3 rings (SSSR count). The van der Waals surface area contributed by atoms with Crippen LogP contribution in [0.4, 0.5) is 0 Å². The van der Waals surface area contributed by atoms with Gasteiger partial charge >= 0.3 is 0 Å². The predicted octanol–water partition coefficient (Wildman–Crippen LogP) is 4.38. The van der Waals surface area contributed by atoms with Crippen molar-refractivity contribution in [1.82, 2.24) is 9.55 Å². The minimum Gasteiger partial charge on any atom is -0.378 e. The van der Waals surface area contributed by atoms with Gasteiger partial charge in [0.05, 0.1) is 17.1 Å². The Bertz CT molecular complexity index is 698. The number of rotatable bonds is 3. The predicted molar refractivity (Wildman–Crippen MR) is 84.7 cm³/mol. The summed E-state index contributed by atoms with van der Waals surface area (Å²) in [6.45, 7) is 9.49. The highest BCUT2D eigenvalue weighted by Gasteiger charge is 2.50. The molecule has 0 saturated heterocycles. The molecule has 1 fully saturated rings. The number of nitrogens with one attached hydrogen (secondary N) is 1. The van der Waals surface area contributed by atoms with Gasteiger partial charge in [-0.3, -0.25) is 0 Å². The van der Waals surface area contributed by atoms with E-state index in [-0.39, 0.29) is 5.41 Å². The summed E-state index contributed by atoms with van der Waals surface area (Å²) in [6.07, 6.45) is 1.37. The average molecular weight is 290 g/mol. The lowest BCUT2D eigenvalue weighted by molar-refractivity contribution is -0.127. The third-order valence-electron chi connectivity index (χ3n) is 4.68. The summed E-state index contributed by atoms with van der Waals surface area (Å²) < 4.78 is 8.93. The fourth-order valence-electron chi connectivity index (χ4n) is 3.34. The average Bonchev–Trinajstić information content (AvgIpc) is 2.69. The molecule has 1 N–H and O–H groups in total. The van der Waals surface area contributed by atoms with Crippen LogP contribution in [-0.2, 0) is 4.74 Å². The number of aryl methyl sites for hydroxylation is 1. The number of imidazole rings is 1. The zero-order chi connectivity index (χ0) is 14.5. The van der Waals surface area contributed by atoms with Crippen molar-refractivity contribution in [3.05, 3.63) is 28.5 Å². The lowest BCUT2D eigenvalue weighted by Gasteiger charge is -2.52. The van der Waals surface area contributed by atoms with E-state index in [4.69, 9.17) is 17.0 Å². The molecule has 4 heteroatoms. The summed E-state index contributed by atoms with van der Waals surface area (Å²) in [4.78, 5) is 3.34. The first-order chi connectivity index (χ1) is 9.45. The molecule has 2 atom stereocenters. The second-order valence-corrected chi connectivity index (χ2v) is 6.72. The van der Waals surface area contributed by atoms with Crippen molar-refractivity contribution < 1.29 is 4.74 Å². The van der Waals surface area contributed by atoms with E-state index in [1.807, 2.05) is 0 Å². The molecule has 0 bridgehead atoms. The van der Waals surface area contributed by atoms with Crippen LogP contribution >= 0.6 is 12.2 Å². The lowest BCUT2D eigenvalue weighted by atomic mass is 9.64. The molecule has 108 valence electrons. The molecule has 1 saturated carbocycles. The Balaban J connectivity index is 2.04. The smallest absolute Gasteiger partial charge is 0.178 e. The first-order valence-electron chi connectivity index (χ1n) is 7.27. The van der Waals surface area contributed by atoms with Crippen molar-refractivity contribution in [2.24, 2.45) is 5.41 Å². The van der Waals surface area contributed by atoms with Gasteiger partial charge in [0.25, 0.3) is 0 Å². The molecular formula is C16H22N2OS. The summed E-state index contributed by atoms with van der Waals surface area (Å²) in [5.74, 6) is 0. The maximum absolute atomic E-state index is 5.83. The van der Waals surface area contributed by atoms with Crippen LogP contribution in [-0.4, -0.2) is 22.3 Å². The number of H-pyrrole nitrogens is 1. The molecule has 0 amide bonds. The molecule has 3 nitrogen and oxygen atoms in total. The van der Waals surface area contributed by atoms with Gasteiger partial charge in [0.15, 0.2) is 4.77 Å². The maximum atomic E-state index is 5.83. The minimum atomic E-state index is 0.119. The maximum Gasteiger partial charge on any atom is 0.178 e. The molecule has 1 aromatic carbocycles. The van der Waals surface area contributed by atoms with Gasteiger partial charge in [0.2, 0.25) is 0 Å². The SMILES string of the molecule is CCOC1CC(n2c(=S)[nH]c3cc(C)ccc32)C1(C)C. The van der Waals surface area contributed by atoms with Gasteiger partial charge in [-0.25, -0.2) is 0 Å². The number of aromatic nitrogens is 2. The van der Waals surface area contributed by atoms with E-state index >= 15 is 0 Å². The van der Waals surface area contributed by atoms with Gasteiger partial charge in [-0.1, -0.05) is 19.9 Å². The van der Waals surface area contributed by atoms with Crippen LogP contribution in [0.15, 0.2) is 18.2 Å². The van der Waals surface area contributed by atoms with Crippen LogP contribution in [0.2, 0.25) is 0 Å². The number of benzene rings is 1. The quantitative estimate of drug-likeness (QED) is 0.850. The van der Waals surface area contributed by atoms with Crippen molar-refractivity contribution >= 4 is 23.3 Å². The molecule has 1 aliphatic carbocycles. The molecule has 0 radical (unpaired) electrons. The van der Waals surface area contributed by atoms with Gasteiger partial charge in [0.1, 0.15) is 0 Å². The van der Waals surface area contributed by atoms with Crippen LogP contribution in [0, 0.1) is 17.1 Å². The standard InChI is InChI=1S/C16H22N2OS/c1-5-19-14-9-13(16(14,3)4)18-12-7-6-10(2)8-11(12)17-15(18)20/h6-8,13-14H,5,9H2,1-4H3,(H,17,20). The van der Waals surface area contributed by atoms with E-state index in [9.17, 15) is 0 Å². The van der Waals surface area contributed by atoms with E-state index in [0.29, 0.717) is 12.1 Å². The summed E-state index contributed by atoms with van der Waals surface area (Å²) in [5.41, 5.74) is 3.70. The van der Waals surface area contributed by atoms with Gasteiger partial charge < -0.3 is 14.3 Å². The van der Waals surface area contributed by atoms with E-state index in [2.05, 4.69) is 55.4 Å². The number of fused-ring (bicyclic) bond motifs is 1. The molecule has 20 heavy (non-hydrogen) atoms. The van der Waals surface area contributed by atoms with Crippen LogP contribution < -0.4 is 0 Å². The highest BCUT2D eigenvalue weighted by molar-refractivity contribution is 7.71. The highest BCUT2D eigenvalue weighted by Crippen LogP contribution is 2.52.